The molecule has 0 unspecified atom stereocenters. The van der Waals surface area contributed by atoms with E-state index >= 15 is 0 Å². The van der Waals surface area contributed by atoms with E-state index in [1.165, 1.54) is 6.92 Å². The lowest BCUT2D eigenvalue weighted by atomic mass is 10.3. The van der Waals surface area contributed by atoms with E-state index in [1.807, 2.05) is 5.10 Å². The fourth-order valence-corrected chi connectivity index (χ4v) is 0.657. The Kier molecular flexibility index (Phi) is 1.54. The number of nitrogens with two attached hydrogens (primary N) is 1. The molecule has 0 amide bonds. The van der Waals surface area contributed by atoms with Crippen LogP contribution < -0.4 is 5.73 Å². The number of hydrogen-bond donors (Lipinski definition) is 2. The second-order valence-electron chi connectivity index (χ2n) is 2.10. The largest absolute Gasteiger partial charge is 0.434 e. The number of halogens is 3. The highest BCUT2D eigenvalue weighted by molar-refractivity contribution is 5.48. The standard InChI is InChI=1S/C5H6F3N3/c1-2-3(9)4(11-10-2)5(6,7)8/h9H2,1H3,(H,10,11). The van der Waals surface area contributed by atoms with Gasteiger partial charge in [-0.05, 0) is 6.92 Å². The highest BCUT2D eigenvalue weighted by atomic mass is 19.4. The van der Waals surface area contributed by atoms with E-state index in [-0.39, 0.29) is 11.4 Å². The van der Waals surface area contributed by atoms with Gasteiger partial charge < -0.3 is 5.73 Å². The molecule has 0 aliphatic carbocycles. The molecule has 0 saturated heterocycles. The molecule has 0 spiro atoms. The van der Waals surface area contributed by atoms with E-state index in [0.29, 0.717) is 0 Å². The Morgan fingerprint density at radius 1 is 1.45 bits per heavy atom. The summed E-state index contributed by atoms with van der Waals surface area (Å²) >= 11 is 0. The van der Waals surface area contributed by atoms with Gasteiger partial charge in [0.25, 0.3) is 0 Å². The first kappa shape index (κ1) is 7.90. The molecule has 0 bridgehead atoms. The lowest BCUT2D eigenvalue weighted by Gasteiger charge is -2.02. The number of nitrogen functional groups attached to an aromatic ring is 1. The van der Waals surface area contributed by atoms with Crippen molar-refractivity contribution in [3.05, 3.63) is 11.4 Å². The maximum Gasteiger partial charge on any atom is 0.434 e. The minimum atomic E-state index is -4.44. The molecule has 62 valence electrons. The van der Waals surface area contributed by atoms with Gasteiger partial charge in [0.2, 0.25) is 0 Å². The van der Waals surface area contributed by atoms with Crippen LogP contribution >= 0.6 is 0 Å². The first-order valence-corrected chi connectivity index (χ1v) is 2.80. The van der Waals surface area contributed by atoms with Gasteiger partial charge in [0.15, 0.2) is 5.69 Å². The maximum atomic E-state index is 11.9. The molecule has 0 atom stereocenters. The summed E-state index contributed by atoms with van der Waals surface area (Å²) in [6.07, 6.45) is -4.44. The van der Waals surface area contributed by atoms with Crippen molar-refractivity contribution < 1.29 is 13.2 Å². The topological polar surface area (TPSA) is 54.7 Å². The average molecular weight is 165 g/mol. The molecule has 3 N–H and O–H groups in total. The number of aryl methyl sites for hydroxylation is 1. The summed E-state index contributed by atoms with van der Waals surface area (Å²) in [5, 5.41) is 5.13. The molecule has 0 radical (unpaired) electrons. The zero-order valence-corrected chi connectivity index (χ0v) is 5.66. The molecule has 1 heterocycles. The van der Waals surface area contributed by atoms with E-state index in [2.05, 4.69) is 5.10 Å². The lowest BCUT2D eigenvalue weighted by molar-refractivity contribution is -0.140. The van der Waals surface area contributed by atoms with Crippen LogP contribution in [0.4, 0.5) is 18.9 Å². The summed E-state index contributed by atoms with van der Waals surface area (Å²) in [6, 6.07) is 0. The van der Waals surface area contributed by atoms with Crippen molar-refractivity contribution in [2.24, 2.45) is 0 Å². The molecule has 1 aromatic rings. The van der Waals surface area contributed by atoms with Crippen molar-refractivity contribution in [2.75, 3.05) is 5.73 Å². The number of H-pyrrole nitrogens is 1. The highest BCUT2D eigenvalue weighted by Crippen LogP contribution is 2.32. The monoisotopic (exact) mass is 165 g/mol. The van der Waals surface area contributed by atoms with Gasteiger partial charge in [-0.25, -0.2) is 0 Å². The summed E-state index contributed by atoms with van der Waals surface area (Å²) in [5.41, 5.74) is 3.93. The number of alkyl halides is 3. The van der Waals surface area contributed by atoms with Crippen molar-refractivity contribution in [1.29, 1.82) is 0 Å². The average Bonchev–Trinajstić information content (AvgIpc) is 2.11. The van der Waals surface area contributed by atoms with E-state index in [1.54, 1.807) is 0 Å². The van der Waals surface area contributed by atoms with E-state index in [4.69, 9.17) is 5.73 Å². The number of anilines is 1. The molecule has 1 aromatic heterocycles. The fourth-order valence-electron chi connectivity index (χ4n) is 0.657. The third kappa shape index (κ3) is 1.28. The van der Waals surface area contributed by atoms with E-state index in [0.717, 1.165) is 0 Å². The Morgan fingerprint density at radius 3 is 2.18 bits per heavy atom. The van der Waals surface area contributed by atoms with Crippen molar-refractivity contribution in [3.63, 3.8) is 0 Å². The fraction of sp³-hybridized carbons (Fsp3) is 0.400. The maximum absolute atomic E-state index is 11.9. The number of aromatic nitrogens is 2. The first-order chi connectivity index (χ1) is 4.93. The molecule has 0 saturated carbocycles. The Hall–Kier alpha value is -1.20. The molecule has 0 aliphatic heterocycles. The normalized spacial score (nSPS) is 12.0. The minimum Gasteiger partial charge on any atom is -0.395 e. The van der Waals surface area contributed by atoms with Gasteiger partial charge in [0.05, 0.1) is 11.4 Å². The number of aromatic amines is 1. The van der Waals surface area contributed by atoms with Crippen LogP contribution in [0.3, 0.4) is 0 Å². The van der Waals surface area contributed by atoms with Crippen LogP contribution in [-0.4, -0.2) is 10.2 Å². The number of rotatable bonds is 0. The quantitative estimate of drug-likeness (QED) is 0.609. The van der Waals surface area contributed by atoms with Crippen LogP contribution in [0.2, 0.25) is 0 Å². The van der Waals surface area contributed by atoms with Crippen LogP contribution in [0, 0.1) is 6.92 Å². The summed E-state index contributed by atoms with van der Waals surface area (Å²) in [6.45, 7) is 1.40. The summed E-state index contributed by atoms with van der Waals surface area (Å²) in [4.78, 5) is 0. The van der Waals surface area contributed by atoms with E-state index < -0.39 is 11.9 Å². The zero-order valence-electron chi connectivity index (χ0n) is 5.66. The van der Waals surface area contributed by atoms with Gasteiger partial charge >= 0.3 is 6.18 Å². The Bertz CT molecular complexity index is 262. The lowest BCUT2D eigenvalue weighted by Crippen LogP contribution is -2.08. The molecule has 6 heteroatoms. The molecule has 0 fully saturated rings. The summed E-state index contributed by atoms with van der Waals surface area (Å²) < 4.78 is 35.7. The molecular weight excluding hydrogens is 159 g/mol. The Labute approximate surface area is 60.4 Å². The number of hydrogen-bond acceptors (Lipinski definition) is 2. The molecule has 0 aliphatic rings. The van der Waals surface area contributed by atoms with Gasteiger partial charge in [0, 0.05) is 0 Å². The predicted octanol–water partition coefficient (Wildman–Crippen LogP) is 1.32. The van der Waals surface area contributed by atoms with E-state index in [9.17, 15) is 13.2 Å². The third-order valence-corrected chi connectivity index (χ3v) is 1.28. The van der Waals surface area contributed by atoms with Crippen LogP contribution in [0.1, 0.15) is 11.4 Å². The molecular formula is C5H6F3N3. The van der Waals surface area contributed by atoms with Crippen LogP contribution in [-0.2, 0) is 6.18 Å². The van der Waals surface area contributed by atoms with Gasteiger partial charge in [-0.1, -0.05) is 0 Å². The minimum absolute atomic E-state index is 0.164. The van der Waals surface area contributed by atoms with Gasteiger partial charge in [0.1, 0.15) is 0 Å². The highest BCUT2D eigenvalue weighted by Gasteiger charge is 2.35. The van der Waals surface area contributed by atoms with Gasteiger partial charge in [-0.2, -0.15) is 18.3 Å². The van der Waals surface area contributed by atoms with Gasteiger partial charge in [-0.3, -0.25) is 5.10 Å². The second-order valence-corrected chi connectivity index (χ2v) is 2.10. The van der Waals surface area contributed by atoms with Gasteiger partial charge in [-0.15, -0.1) is 0 Å². The van der Waals surface area contributed by atoms with Crippen molar-refractivity contribution in [3.8, 4) is 0 Å². The zero-order chi connectivity index (χ0) is 8.65. The summed E-state index contributed by atoms with van der Waals surface area (Å²) in [7, 11) is 0. The molecule has 11 heavy (non-hydrogen) atoms. The Morgan fingerprint density at radius 2 is 2.00 bits per heavy atom. The van der Waals surface area contributed by atoms with Crippen LogP contribution in [0.5, 0.6) is 0 Å². The van der Waals surface area contributed by atoms with Crippen molar-refractivity contribution in [1.82, 2.24) is 10.2 Å². The second kappa shape index (κ2) is 2.14. The Balaban J connectivity index is 3.15. The number of nitrogens with zero attached hydrogens (tertiary/aromatic N) is 1. The SMILES string of the molecule is Cc1n[nH]c(C(F)(F)F)c1N. The molecule has 3 nitrogen and oxygen atoms in total. The summed E-state index contributed by atoms with van der Waals surface area (Å²) in [5.74, 6) is 0. The van der Waals surface area contributed by atoms with Crippen LogP contribution in [0.25, 0.3) is 0 Å². The van der Waals surface area contributed by atoms with Crippen molar-refractivity contribution >= 4 is 5.69 Å². The third-order valence-electron chi connectivity index (χ3n) is 1.28. The first-order valence-electron chi connectivity index (χ1n) is 2.80. The number of nitrogens with one attached hydrogen (secondary N) is 1. The van der Waals surface area contributed by atoms with Crippen LogP contribution in [0.15, 0.2) is 0 Å². The molecule has 1 rings (SSSR count). The molecule has 0 aromatic carbocycles. The predicted molar refractivity (Wildman–Crippen MR) is 32.7 cm³/mol. The smallest absolute Gasteiger partial charge is 0.395 e. The van der Waals surface area contributed by atoms with Crippen molar-refractivity contribution in [2.45, 2.75) is 13.1 Å².